The topological polar surface area (TPSA) is 141 Å². The van der Waals surface area contributed by atoms with Gasteiger partial charge in [0, 0.05) is 30.7 Å². The molecule has 0 fully saturated rings. The first-order valence-electron chi connectivity index (χ1n) is 8.00. The number of nitro groups is 2. The molecule has 140 valence electrons. The summed E-state index contributed by atoms with van der Waals surface area (Å²) in [5.41, 5.74) is 1.02. The molecular formula is C18H16N2O7. The van der Waals surface area contributed by atoms with E-state index in [0.717, 1.165) is 0 Å². The van der Waals surface area contributed by atoms with Crippen LogP contribution in [-0.2, 0) is 22.4 Å². The lowest BCUT2D eigenvalue weighted by atomic mass is 9.92. The molecule has 1 atom stereocenters. The fourth-order valence-corrected chi connectivity index (χ4v) is 2.55. The fourth-order valence-electron chi connectivity index (χ4n) is 2.55. The summed E-state index contributed by atoms with van der Waals surface area (Å²) >= 11 is 0. The molecule has 27 heavy (non-hydrogen) atoms. The zero-order valence-corrected chi connectivity index (χ0v) is 14.1. The predicted octanol–water partition coefficient (Wildman–Crippen LogP) is 2.95. The second kappa shape index (κ2) is 8.65. The number of carbonyl (C=O) groups excluding carboxylic acids is 1. The van der Waals surface area contributed by atoms with Gasteiger partial charge in [-0.1, -0.05) is 24.3 Å². The molecule has 9 nitrogen and oxygen atoms in total. The Bertz CT molecular complexity index is 860. The molecule has 0 spiro atoms. The van der Waals surface area contributed by atoms with Gasteiger partial charge in [-0.25, -0.2) is 0 Å². The Hall–Kier alpha value is -3.62. The molecule has 0 aliphatic carbocycles. The number of hydrogen-bond acceptors (Lipinski definition) is 6. The highest BCUT2D eigenvalue weighted by Gasteiger charge is 2.26. The number of nitro benzene ring substituents is 2. The van der Waals surface area contributed by atoms with E-state index in [4.69, 9.17) is 0 Å². The highest BCUT2D eigenvalue weighted by atomic mass is 16.6. The average Bonchev–Trinajstić information content (AvgIpc) is 2.64. The molecule has 0 aromatic heterocycles. The average molecular weight is 372 g/mol. The first kappa shape index (κ1) is 19.7. The Kier molecular flexibility index (Phi) is 6.32. The molecule has 0 aliphatic rings. The van der Waals surface area contributed by atoms with Crippen LogP contribution in [0, 0.1) is 26.1 Å². The maximum Gasteiger partial charge on any atom is 0.314 e. The molecule has 2 aromatic rings. The van der Waals surface area contributed by atoms with Crippen LogP contribution in [0.25, 0.3) is 0 Å². The molecule has 9 heteroatoms. The number of carboxylic acid groups (broad SMARTS) is 1. The minimum absolute atomic E-state index is 0.0260. The van der Waals surface area contributed by atoms with Crippen molar-refractivity contribution in [2.45, 2.75) is 19.3 Å². The van der Waals surface area contributed by atoms with Crippen molar-refractivity contribution in [3.63, 3.8) is 0 Å². The molecule has 0 saturated heterocycles. The van der Waals surface area contributed by atoms with Crippen molar-refractivity contribution < 1.29 is 24.5 Å². The summed E-state index contributed by atoms with van der Waals surface area (Å²) in [5.74, 6) is -2.99. The first-order chi connectivity index (χ1) is 12.8. The van der Waals surface area contributed by atoms with Gasteiger partial charge in [-0.05, 0) is 24.0 Å². The van der Waals surface area contributed by atoms with Crippen LogP contribution < -0.4 is 0 Å². The second-order valence-electron chi connectivity index (χ2n) is 5.91. The van der Waals surface area contributed by atoms with Crippen molar-refractivity contribution in [3.05, 3.63) is 79.9 Å². The predicted molar refractivity (Wildman–Crippen MR) is 94.4 cm³/mol. The van der Waals surface area contributed by atoms with Crippen molar-refractivity contribution in [2.24, 2.45) is 5.92 Å². The molecular weight excluding hydrogens is 356 g/mol. The third kappa shape index (κ3) is 5.43. The van der Waals surface area contributed by atoms with E-state index in [-0.39, 0.29) is 30.6 Å². The smallest absolute Gasteiger partial charge is 0.314 e. The lowest BCUT2D eigenvalue weighted by Crippen LogP contribution is -2.26. The minimum atomic E-state index is -1.26. The molecule has 0 bridgehead atoms. The van der Waals surface area contributed by atoms with E-state index in [1.807, 2.05) is 0 Å². The van der Waals surface area contributed by atoms with Crippen molar-refractivity contribution in [2.75, 3.05) is 0 Å². The largest absolute Gasteiger partial charge is 0.481 e. The molecule has 0 heterocycles. The number of Topliss-reactive ketones (excluding diaryl/α,β-unsaturated/α-hetero) is 1. The van der Waals surface area contributed by atoms with Gasteiger partial charge < -0.3 is 5.11 Å². The Morgan fingerprint density at radius 1 is 0.852 bits per heavy atom. The molecule has 0 amide bonds. The summed E-state index contributed by atoms with van der Waals surface area (Å²) in [6, 6.07) is 11.1. The number of non-ortho nitro benzene ring substituents is 2. The van der Waals surface area contributed by atoms with Crippen LogP contribution in [0.1, 0.15) is 17.5 Å². The number of rotatable bonds is 9. The summed E-state index contributed by atoms with van der Waals surface area (Å²) < 4.78 is 0. The Morgan fingerprint density at radius 3 is 1.70 bits per heavy atom. The van der Waals surface area contributed by atoms with E-state index in [1.165, 1.54) is 48.5 Å². The number of hydrogen-bond donors (Lipinski definition) is 1. The number of nitrogens with zero attached hydrogens (tertiary/aromatic N) is 2. The van der Waals surface area contributed by atoms with Gasteiger partial charge in [0.15, 0.2) is 0 Å². The summed E-state index contributed by atoms with van der Waals surface area (Å²) in [6.07, 6.45) is 0.176. The van der Waals surface area contributed by atoms with Crippen molar-refractivity contribution in [1.29, 1.82) is 0 Å². The van der Waals surface area contributed by atoms with E-state index in [9.17, 15) is 34.9 Å². The molecule has 0 aliphatic heterocycles. The van der Waals surface area contributed by atoms with Gasteiger partial charge in [0.25, 0.3) is 11.4 Å². The van der Waals surface area contributed by atoms with Gasteiger partial charge in [-0.3, -0.25) is 29.8 Å². The van der Waals surface area contributed by atoms with E-state index < -0.39 is 27.5 Å². The van der Waals surface area contributed by atoms with Crippen LogP contribution in [0.4, 0.5) is 11.4 Å². The Balaban J connectivity index is 2.00. The zero-order chi connectivity index (χ0) is 20.0. The van der Waals surface area contributed by atoms with Gasteiger partial charge in [-0.2, -0.15) is 0 Å². The van der Waals surface area contributed by atoms with Crippen LogP contribution in [0.3, 0.4) is 0 Å². The summed E-state index contributed by atoms with van der Waals surface area (Å²) in [6.45, 7) is 0. The van der Waals surface area contributed by atoms with Crippen LogP contribution >= 0.6 is 0 Å². The Labute approximate surface area is 153 Å². The van der Waals surface area contributed by atoms with Crippen LogP contribution in [-0.4, -0.2) is 26.7 Å². The normalized spacial score (nSPS) is 11.6. The molecule has 2 rings (SSSR count). The maximum absolute atomic E-state index is 12.3. The second-order valence-corrected chi connectivity index (χ2v) is 5.91. The molecule has 0 saturated carbocycles. The third-order valence-electron chi connectivity index (χ3n) is 4.08. The van der Waals surface area contributed by atoms with E-state index in [2.05, 4.69) is 0 Å². The standard InChI is InChI=1S/C18H16N2O7/c21-17(10-5-12-1-6-14(7-2-12)19(24)25)16(18(22)23)11-13-3-8-15(9-4-13)20(26)27/h1-4,6-9,16H,5,10-11H2,(H,22,23). The quantitative estimate of drug-likeness (QED) is 0.405. The number of ketones is 1. The zero-order valence-electron chi connectivity index (χ0n) is 14.1. The van der Waals surface area contributed by atoms with E-state index >= 15 is 0 Å². The number of carbonyl (C=O) groups is 2. The van der Waals surface area contributed by atoms with Gasteiger partial charge in [0.2, 0.25) is 0 Å². The van der Waals surface area contributed by atoms with Gasteiger partial charge in [0.1, 0.15) is 11.7 Å². The minimum Gasteiger partial charge on any atom is -0.481 e. The highest BCUT2D eigenvalue weighted by molar-refractivity contribution is 5.98. The number of aryl methyl sites for hydroxylation is 1. The van der Waals surface area contributed by atoms with Crippen LogP contribution in [0.15, 0.2) is 48.5 Å². The number of carboxylic acids is 1. The summed E-state index contributed by atoms with van der Waals surface area (Å²) in [7, 11) is 0. The summed E-state index contributed by atoms with van der Waals surface area (Å²) in [4.78, 5) is 43.9. The van der Waals surface area contributed by atoms with Gasteiger partial charge in [-0.15, -0.1) is 0 Å². The number of benzene rings is 2. The van der Waals surface area contributed by atoms with Crippen molar-refractivity contribution in [3.8, 4) is 0 Å². The lowest BCUT2D eigenvalue weighted by molar-refractivity contribution is -0.385. The van der Waals surface area contributed by atoms with E-state index in [0.29, 0.717) is 11.1 Å². The van der Waals surface area contributed by atoms with Gasteiger partial charge >= 0.3 is 5.97 Å². The molecule has 2 aromatic carbocycles. The molecule has 1 N–H and O–H groups in total. The maximum atomic E-state index is 12.3. The third-order valence-corrected chi connectivity index (χ3v) is 4.08. The van der Waals surface area contributed by atoms with Crippen LogP contribution in [0.5, 0.6) is 0 Å². The highest BCUT2D eigenvalue weighted by Crippen LogP contribution is 2.18. The van der Waals surface area contributed by atoms with Crippen molar-refractivity contribution in [1.82, 2.24) is 0 Å². The SMILES string of the molecule is O=C(O)C(Cc1ccc([N+](=O)[O-])cc1)C(=O)CCc1ccc([N+](=O)[O-])cc1. The fraction of sp³-hybridized carbons (Fsp3) is 0.222. The molecule has 0 radical (unpaired) electrons. The van der Waals surface area contributed by atoms with Crippen LogP contribution in [0.2, 0.25) is 0 Å². The molecule has 1 unspecified atom stereocenters. The lowest BCUT2D eigenvalue weighted by Gasteiger charge is -2.11. The summed E-state index contributed by atoms with van der Waals surface area (Å²) in [5, 5.41) is 30.6. The Morgan fingerprint density at radius 2 is 1.30 bits per heavy atom. The number of aliphatic carboxylic acids is 1. The van der Waals surface area contributed by atoms with E-state index in [1.54, 1.807) is 0 Å². The van der Waals surface area contributed by atoms with Gasteiger partial charge in [0.05, 0.1) is 9.85 Å². The van der Waals surface area contributed by atoms with Crippen molar-refractivity contribution >= 4 is 23.1 Å². The monoisotopic (exact) mass is 372 g/mol. The first-order valence-corrected chi connectivity index (χ1v) is 8.00.